The molecule has 2 N–H and O–H groups in total. The van der Waals surface area contributed by atoms with E-state index < -0.39 is 0 Å². The van der Waals surface area contributed by atoms with Crippen LogP contribution in [0.15, 0.2) is 12.3 Å². The number of nitrogen functional groups attached to an aromatic ring is 1. The van der Waals surface area contributed by atoms with E-state index in [9.17, 15) is 4.39 Å². The van der Waals surface area contributed by atoms with Gasteiger partial charge in [-0.15, -0.1) is 0 Å². The smallest absolute Gasteiger partial charge is 0.141 e. The molecule has 1 atom stereocenters. The van der Waals surface area contributed by atoms with Crippen LogP contribution in [-0.4, -0.2) is 4.98 Å². The second kappa shape index (κ2) is 6.35. The van der Waals surface area contributed by atoms with Crippen LogP contribution in [0.1, 0.15) is 45.6 Å². The van der Waals surface area contributed by atoms with Crippen LogP contribution >= 0.6 is 0 Å². The van der Waals surface area contributed by atoms with Gasteiger partial charge in [-0.1, -0.05) is 27.7 Å². The molecule has 1 heterocycles. The summed E-state index contributed by atoms with van der Waals surface area (Å²) in [6.07, 6.45) is 2.08. The molecule has 0 aliphatic carbocycles. The zero-order chi connectivity index (χ0) is 11.1. The molecule has 80 valence electrons. The Balaban J connectivity index is 0.000000791. The van der Waals surface area contributed by atoms with Crippen molar-refractivity contribution < 1.29 is 4.39 Å². The third-order valence-electron chi connectivity index (χ3n) is 2.06. The van der Waals surface area contributed by atoms with Crippen molar-refractivity contribution in [3.05, 3.63) is 23.6 Å². The topological polar surface area (TPSA) is 38.9 Å². The number of halogens is 1. The minimum Gasteiger partial charge on any atom is -0.383 e. The zero-order valence-electron chi connectivity index (χ0n) is 9.34. The molecule has 0 radical (unpaired) electrons. The molecule has 0 saturated carbocycles. The number of nitrogens with zero attached hydrogens (tertiary/aromatic N) is 1. The van der Waals surface area contributed by atoms with Gasteiger partial charge in [0, 0.05) is 0 Å². The second-order valence-corrected chi connectivity index (χ2v) is 2.94. The van der Waals surface area contributed by atoms with E-state index in [0.717, 1.165) is 18.2 Å². The van der Waals surface area contributed by atoms with Crippen molar-refractivity contribution in [3.63, 3.8) is 0 Å². The largest absolute Gasteiger partial charge is 0.383 e. The lowest BCUT2D eigenvalue weighted by molar-refractivity contribution is 0.613. The van der Waals surface area contributed by atoms with Crippen LogP contribution in [-0.2, 0) is 0 Å². The fraction of sp³-hybridized carbons (Fsp3) is 0.545. The van der Waals surface area contributed by atoms with Gasteiger partial charge in [0.05, 0.1) is 6.20 Å². The molecule has 0 aliphatic heterocycles. The van der Waals surface area contributed by atoms with Gasteiger partial charge in [-0.3, -0.25) is 0 Å². The lowest BCUT2D eigenvalue weighted by Crippen LogP contribution is -2.01. The van der Waals surface area contributed by atoms with Crippen molar-refractivity contribution in [2.24, 2.45) is 0 Å². The highest BCUT2D eigenvalue weighted by molar-refractivity contribution is 5.41. The summed E-state index contributed by atoms with van der Waals surface area (Å²) in [4.78, 5) is 3.75. The first-order valence-corrected chi connectivity index (χ1v) is 5.06. The quantitative estimate of drug-likeness (QED) is 0.791. The first kappa shape index (κ1) is 12.9. The molecule has 0 aromatic carbocycles. The van der Waals surface area contributed by atoms with Crippen LogP contribution in [0.2, 0.25) is 0 Å². The van der Waals surface area contributed by atoms with Crippen LogP contribution in [0.5, 0.6) is 0 Å². The van der Waals surface area contributed by atoms with Crippen molar-refractivity contribution >= 4 is 5.82 Å². The molecule has 0 bridgehead atoms. The number of anilines is 1. The molecule has 14 heavy (non-hydrogen) atoms. The van der Waals surface area contributed by atoms with Crippen LogP contribution in [0.3, 0.4) is 0 Å². The van der Waals surface area contributed by atoms with Crippen LogP contribution in [0, 0.1) is 5.82 Å². The maximum atomic E-state index is 12.7. The molecule has 1 aromatic heterocycles. The van der Waals surface area contributed by atoms with Crippen molar-refractivity contribution in [1.82, 2.24) is 4.98 Å². The predicted molar refractivity (Wildman–Crippen MR) is 58.7 cm³/mol. The molecule has 1 unspecified atom stereocenters. The van der Waals surface area contributed by atoms with Gasteiger partial charge >= 0.3 is 0 Å². The van der Waals surface area contributed by atoms with E-state index in [1.807, 2.05) is 27.7 Å². The van der Waals surface area contributed by atoms with Crippen molar-refractivity contribution in [3.8, 4) is 0 Å². The second-order valence-electron chi connectivity index (χ2n) is 2.94. The maximum absolute atomic E-state index is 12.7. The summed E-state index contributed by atoms with van der Waals surface area (Å²) in [6, 6.07) is 1.45. The molecule has 1 aromatic rings. The summed E-state index contributed by atoms with van der Waals surface area (Å²) >= 11 is 0. The number of nitrogens with two attached hydrogens (primary N) is 1. The predicted octanol–water partition coefficient (Wildman–Crippen LogP) is 3.34. The standard InChI is InChI=1S/C9H13FN2.C2H6/c1-3-6(2)8-4-7(10)5-12-9(8)11;1-2/h4-6H,3H2,1-2H3,(H2,11,12);1-2H3. The summed E-state index contributed by atoms with van der Waals surface area (Å²) in [5.41, 5.74) is 6.39. The highest BCUT2D eigenvalue weighted by Crippen LogP contribution is 2.23. The van der Waals surface area contributed by atoms with Crippen molar-refractivity contribution in [1.29, 1.82) is 0 Å². The highest BCUT2D eigenvalue weighted by Gasteiger charge is 2.08. The van der Waals surface area contributed by atoms with Gasteiger partial charge in [-0.2, -0.15) is 0 Å². The average Bonchev–Trinajstić information content (AvgIpc) is 2.23. The van der Waals surface area contributed by atoms with E-state index in [-0.39, 0.29) is 11.7 Å². The van der Waals surface area contributed by atoms with Crippen LogP contribution in [0.4, 0.5) is 10.2 Å². The number of hydrogen-bond acceptors (Lipinski definition) is 2. The average molecular weight is 198 g/mol. The fourth-order valence-corrected chi connectivity index (χ4v) is 1.08. The molecule has 0 fully saturated rings. The minimum atomic E-state index is -0.320. The molecule has 0 amide bonds. The third-order valence-corrected chi connectivity index (χ3v) is 2.06. The number of hydrogen-bond donors (Lipinski definition) is 1. The summed E-state index contributed by atoms with van der Waals surface area (Å²) < 4.78 is 12.7. The lowest BCUT2D eigenvalue weighted by Gasteiger charge is -2.10. The molecule has 0 spiro atoms. The number of aromatic nitrogens is 1. The van der Waals surface area contributed by atoms with Crippen LogP contribution < -0.4 is 5.73 Å². The fourth-order valence-electron chi connectivity index (χ4n) is 1.08. The van der Waals surface area contributed by atoms with Gasteiger partial charge in [-0.25, -0.2) is 9.37 Å². The lowest BCUT2D eigenvalue weighted by atomic mass is 9.99. The first-order valence-electron chi connectivity index (χ1n) is 5.06. The van der Waals surface area contributed by atoms with E-state index >= 15 is 0 Å². The number of rotatable bonds is 2. The Hall–Kier alpha value is -1.12. The SMILES string of the molecule is CC.CCC(C)c1cc(F)cnc1N. The maximum Gasteiger partial charge on any atom is 0.141 e. The molecule has 0 saturated heterocycles. The third kappa shape index (κ3) is 3.32. The summed E-state index contributed by atoms with van der Waals surface area (Å²) in [5, 5.41) is 0. The molecular weight excluding hydrogens is 179 g/mol. The molecule has 2 nitrogen and oxygen atoms in total. The van der Waals surface area contributed by atoms with E-state index in [2.05, 4.69) is 4.98 Å². The van der Waals surface area contributed by atoms with Crippen molar-refractivity contribution in [2.45, 2.75) is 40.0 Å². The van der Waals surface area contributed by atoms with Gasteiger partial charge in [0.1, 0.15) is 11.6 Å². The van der Waals surface area contributed by atoms with E-state index in [0.29, 0.717) is 5.82 Å². The highest BCUT2D eigenvalue weighted by atomic mass is 19.1. The number of pyridine rings is 1. The first-order chi connectivity index (χ1) is 6.65. The van der Waals surface area contributed by atoms with Gasteiger partial charge in [0.15, 0.2) is 0 Å². The monoisotopic (exact) mass is 198 g/mol. The van der Waals surface area contributed by atoms with Gasteiger partial charge < -0.3 is 5.73 Å². The van der Waals surface area contributed by atoms with Gasteiger partial charge in [0.25, 0.3) is 0 Å². The Kier molecular flexibility index (Phi) is 5.84. The van der Waals surface area contributed by atoms with E-state index in [4.69, 9.17) is 5.73 Å². The summed E-state index contributed by atoms with van der Waals surface area (Å²) in [7, 11) is 0. The molecular formula is C11H19FN2. The molecule has 0 aliphatic rings. The zero-order valence-corrected chi connectivity index (χ0v) is 9.34. The van der Waals surface area contributed by atoms with Crippen molar-refractivity contribution in [2.75, 3.05) is 5.73 Å². The molecule has 1 rings (SSSR count). The summed E-state index contributed by atoms with van der Waals surface area (Å²) in [5.74, 6) is 0.387. The van der Waals surface area contributed by atoms with E-state index in [1.165, 1.54) is 6.07 Å². The minimum absolute atomic E-state index is 0.271. The van der Waals surface area contributed by atoms with Gasteiger partial charge in [-0.05, 0) is 24.0 Å². The normalized spacial score (nSPS) is 11.5. The Bertz CT molecular complexity index is 274. The Morgan fingerprint density at radius 3 is 2.57 bits per heavy atom. The Morgan fingerprint density at radius 2 is 2.07 bits per heavy atom. The molecule has 3 heteroatoms. The Labute approximate surface area is 85.4 Å². The van der Waals surface area contributed by atoms with Gasteiger partial charge in [0.2, 0.25) is 0 Å². The Morgan fingerprint density at radius 1 is 1.50 bits per heavy atom. The summed E-state index contributed by atoms with van der Waals surface area (Å²) in [6.45, 7) is 8.04. The van der Waals surface area contributed by atoms with E-state index in [1.54, 1.807) is 0 Å². The van der Waals surface area contributed by atoms with Crippen LogP contribution in [0.25, 0.3) is 0 Å².